The van der Waals surface area contributed by atoms with Gasteiger partial charge in [0.05, 0.1) is 0 Å². The third kappa shape index (κ3) is 4.50. The van der Waals surface area contributed by atoms with Gasteiger partial charge in [-0.2, -0.15) is 0 Å². The van der Waals surface area contributed by atoms with Crippen molar-refractivity contribution in [2.75, 3.05) is 6.26 Å². The van der Waals surface area contributed by atoms with Crippen LogP contribution in [-0.2, 0) is 8.54 Å². The summed E-state index contributed by atoms with van der Waals surface area (Å²) >= 11 is 0.892. The first-order valence-electron chi connectivity index (χ1n) is 1.21. The van der Waals surface area contributed by atoms with Crippen LogP contribution in [0.1, 0.15) is 0 Å². The van der Waals surface area contributed by atoms with Crippen molar-refractivity contribution in [3.05, 3.63) is 0 Å². The first-order chi connectivity index (χ1) is 2.77. The monoisotopic (exact) mass is 128 g/mol. The highest BCUT2D eigenvalue weighted by Gasteiger charge is 1.82. The standard InChI is InChI=1S/CH5O3PS/c1-6-4-5(2)3/h5H,1H3,(H,2,3). The number of hydrogen-bond donors (Lipinski definition) is 1. The van der Waals surface area contributed by atoms with E-state index < -0.39 is 8.25 Å². The second-order valence-electron chi connectivity index (χ2n) is 0.516. The van der Waals surface area contributed by atoms with Crippen LogP contribution in [0.25, 0.3) is 0 Å². The van der Waals surface area contributed by atoms with Gasteiger partial charge in [-0.25, -0.2) is 3.97 Å². The highest BCUT2D eigenvalue weighted by molar-refractivity contribution is 7.96. The van der Waals surface area contributed by atoms with Gasteiger partial charge in [0, 0.05) is 6.26 Å². The summed E-state index contributed by atoms with van der Waals surface area (Å²) in [5, 5.41) is 0. The molecule has 3 nitrogen and oxygen atoms in total. The van der Waals surface area contributed by atoms with Crippen molar-refractivity contribution in [1.29, 1.82) is 0 Å². The van der Waals surface area contributed by atoms with Crippen molar-refractivity contribution < 1.29 is 13.4 Å². The first-order valence-corrected chi connectivity index (χ1v) is 3.62. The predicted molar refractivity (Wildman–Crippen MR) is 25.8 cm³/mol. The maximum Gasteiger partial charge on any atom is 0.327 e. The average Bonchev–Trinajstić information content (AvgIpc) is 1.35. The number of rotatable bonds is 2. The molecule has 0 aromatic heterocycles. The molecule has 0 heterocycles. The van der Waals surface area contributed by atoms with Gasteiger partial charge >= 0.3 is 8.25 Å². The van der Waals surface area contributed by atoms with Crippen molar-refractivity contribution in [2.45, 2.75) is 0 Å². The summed E-state index contributed by atoms with van der Waals surface area (Å²) in [5.74, 6) is 0. The maximum atomic E-state index is 9.54. The van der Waals surface area contributed by atoms with Gasteiger partial charge in [0.25, 0.3) is 0 Å². The van der Waals surface area contributed by atoms with Crippen molar-refractivity contribution in [3.63, 3.8) is 0 Å². The van der Waals surface area contributed by atoms with E-state index in [4.69, 9.17) is 4.89 Å². The minimum atomic E-state index is -2.67. The van der Waals surface area contributed by atoms with Crippen molar-refractivity contribution >= 4 is 20.3 Å². The molecular weight excluding hydrogens is 123 g/mol. The smallest absolute Gasteiger partial charge is 0.326 e. The summed E-state index contributed by atoms with van der Waals surface area (Å²) in [6, 6.07) is 0. The quantitative estimate of drug-likeness (QED) is 0.438. The topological polar surface area (TPSA) is 46.5 Å². The fourth-order valence-corrected chi connectivity index (χ4v) is 0.642. The predicted octanol–water partition coefficient (Wildman–Crippen LogP) is 0.663. The first kappa shape index (κ1) is 6.50. The Kier molecular flexibility index (Phi) is 3.99. The molecule has 1 atom stereocenters. The Bertz CT molecular complexity index is 54.8. The fraction of sp³-hybridized carbons (Fsp3) is 1.00. The minimum Gasteiger partial charge on any atom is -0.326 e. The lowest BCUT2D eigenvalue weighted by atomic mass is 12.0. The molecule has 0 spiro atoms. The maximum absolute atomic E-state index is 9.54. The van der Waals surface area contributed by atoms with Crippen LogP contribution in [-0.4, -0.2) is 11.1 Å². The van der Waals surface area contributed by atoms with Gasteiger partial charge in [0.1, 0.15) is 0 Å². The Morgan fingerprint density at radius 2 is 2.50 bits per heavy atom. The lowest BCUT2D eigenvalue weighted by molar-refractivity contribution is 0.433. The Hall–Kier alpha value is 0.500. The van der Waals surface area contributed by atoms with Crippen LogP contribution in [0.2, 0.25) is 0 Å². The largest absolute Gasteiger partial charge is 0.327 e. The Balaban J connectivity index is 2.83. The van der Waals surface area contributed by atoms with E-state index >= 15 is 0 Å². The normalized spacial score (nSPS) is 14.3. The van der Waals surface area contributed by atoms with E-state index in [0.717, 1.165) is 12.0 Å². The van der Waals surface area contributed by atoms with Crippen LogP contribution < -0.4 is 0 Å². The van der Waals surface area contributed by atoms with Gasteiger partial charge in [-0.1, -0.05) is 0 Å². The van der Waals surface area contributed by atoms with Crippen LogP contribution in [0.15, 0.2) is 0 Å². The molecule has 0 aromatic carbocycles. The van der Waals surface area contributed by atoms with Gasteiger partial charge in [0.2, 0.25) is 0 Å². The van der Waals surface area contributed by atoms with Gasteiger partial charge in [0.15, 0.2) is 0 Å². The summed E-state index contributed by atoms with van der Waals surface area (Å²) < 4.78 is 13.6. The molecular formula is CH5O3PS. The van der Waals surface area contributed by atoms with Crippen LogP contribution in [0.3, 0.4) is 0 Å². The molecule has 0 saturated heterocycles. The van der Waals surface area contributed by atoms with E-state index in [1.165, 1.54) is 0 Å². The fourth-order valence-electron chi connectivity index (χ4n) is 0.0713. The van der Waals surface area contributed by atoms with E-state index in [1.54, 1.807) is 6.26 Å². The minimum absolute atomic E-state index is 0.892. The third-order valence-corrected chi connectivity index (χ3v) is 1.39. The molecule has 0 bridgehead atoms. The van der Waals surface area contributed by atoms with E-state index in [2.05, 4.69) is 3.97 Å². The van der Waals surface area contributed by atoms with E-state index in [9.17, 15) is 4.57 Å². The molecule has 0 aliphatic carbocycles. The Morgan fingerprint density at radius 1 is 2.00 bits per heavy atom. The molecule has 0 rings (SSSR count). The third-order valence-electron chi connectivity index (χ3n) is 0.155. The highest BCUT2D eigenvalue weighted by atomic mass is 32.2. The molecule has 0 amide bonds. The van der Waals surface area contributed by atoms with Gasteiger partial charge in [-0.3, -0.25) is 4.57 Å². The highest BCUT2D eigenvalue weighted by Crippen LogP contribution is 2.20. The molecule has 5 heteroatoms. The lowest BCUT2D eigenvalue weighted by Crippen LogP contribution is -1.55. The summed E-state index contributed by atoms with van der Waals surface area (Å²) in [7, 11) is -2.67. The molecule has 6 heavy (non-hydrogen) atoms. The van der Waals surface area contributed by atoms with Crippen LogP contribution >= 0.6 is 20.3 Å². The Morgan fingerprint density at radius 3 is 2.50 bits per heavy atom. The summed E-state index contributed by atoms with van der Waals surface area (Å²) in [4.78, 5) is 7.86. The summed E-state index contributed by atoms with van der Waals surface area (Å²) in [5.41, 5.74) is 0. The SMILES string of the molecule is CSO[PH](=O)O. The summed E-state index contributed by atoms with van der Waals surface area (Å²) in [6.45, 7) is 0. The van der Waals surface area contributed by atoms with Crippen LogP contribution in [0, 0.1) is 0 Å². The average molecular weight is 128 g/mol. The molecule has 1 N–H and O–H groups in total. The zero-order valence-electron chi connectivity index (χ0n) is 3.17. The van der Waals surface area contributed by atoms with E-state index in [0.29, 0.717) is 0 Å². The van der Waals surface area contributed by atoms with Crippen LogP contribution in [0.5, 0.6) is 0 Å². The molecule has 0 aliphatic rings. The lowest BCUT2D eigenvalue weighted by Gasteiger charge is -1.84. The molecule has 0 aliphatic heterocycles. The molecule has 1 unspecified atom stereocenters. The second-order valence-corrected chi connectivity index (χ2v) is 2.05. The molecule has 38 valence electrons. The molecule has 0 saturated carbocycles. The van der Waals surface area contributed by atoms with Crippen molar-refractivity contribution in [1.82, 2.24) is 0 Å². The van der Waals surface area contributed by atoms with Crippen molar-refractivity contribution in [2.24, 2.45) is 0 Å². The van der Waals surface area contributed by atoms with Crippen LogP contribution in [0.4, 0.5) is 0 Å². The molecule has 0 fully saturated rings. The van der Waals surface area contributed by atoms with Gasteiger partial charge in [-0.15, -0.1) is 0 Å². The zero-order valence-corrected chi connectivity index (χ0v) is 4.99. The Labute approximate surface area is 40.9 Å². The molecule has 0 radical (unpaired) electrons. The molecule has 0 aromatic rings. The van der Waals surface area contributed by atoms with Gasteiger partial charge in [-0.05, 0) is 12.0 Å². The second kappa shape index (κ2) is 3.68. The van der Waals surface area contributed by atoms with E-state index in [1.807, 2.05) is 0 Å². The van der Waals surface area contributed by atoms with Crippen molar-refractivity contribution in [3.8, 4) is 0 Å². The summed E-state index contributed by atoms with van der Waals surface area (Å²) in [6.07, 6.45) is 1.58. The zero-order chi connectivity index (χ0) is 4.99. The van der Waals surface area contributed by atoms with E-state index in [-0.39, 0.29) is 0 Å². The number of hydrogen-bond acceptors (Lipinski definition) is 3. The van der Waals surface area contributed by atoms with Gasteiger partial charge < -0.3 is 4.89 Å².